The van der Waals surface area contributed by atoms with Crippen LogP contribution in [0.5, 0.6) is 0 Å². The number of rotatable bonds is 2. The normalized spacial score (nSPS) is 39.5. The van der Waals surface area contributed by atoms with Crippen molar-refractivity contribution in [3.8, 4) is 0 Å². The number of carbonyl (C=O) groups excluding carboxylic acids is 2. The third-order valence-electron chi connectivity index (χ3n) is 7.07. The number of aliphatic hydroxyl groups is 1. The summed E-state index contributed by atoms with van der Waals surface area (Å²) in [6.45, 7) is 8.44. The van der Waals surface area contributed by atoms with E-state index in [-0.39, 0.29) is 29.4 Å². The van der Waals surface area contributed by atoms with Crippen molar-refractivity contribution in [2.45, 2.75) is 58.8 Å². The van der Waals surface area contributed by atoms with Gasteiger partial charge in [0, 0.05) is 11.5 Å². The number of hydrogen-bond acceptors (Lipinski definition) is 6. The Bertz CT molecular complexity index is 776. The van der Waals surface area contributed by atoms with E-state index < -0.39 is 29.2 Å². The van der Waals surface area contributed by atoms with Gasteiger partial charge in [-0.05, 0) is 29.7 Å². The second-order valence-electron chi connectivity index (χ2n) is 9.26. The highest BCUT2D eigenvalue weighted by Crippen LogP contribution is 2.67. The summed E-state index contributed by atoms with van der Waals surface area (Å²) in [5, 5.41) is 11.6. The molecule has 0 amide bonds. The summed E-state index contributed by atoms with van der Waals surface area (Å²) in [5.74, 6) is -3.01. The molecule has 4 atom stereocenters. The zero-order valence-electron chi connectivity index (χ0n) is 16.6. The zero-order chi connectivity index (χ0) is 19.8. The Labute approximate surface area is 159 Å². The Morgan fingerprint density at radius 2 is 2.04 bits per heavy atom. The van der Waals surface area contributed by atoms with Crippen molar-refractivity contribution < 1.29 is 28.9 Å². The standard InChI is InChI=1S/C21H28O6/c1-11(2)12-9-13-14(17(22)25-5)20-8-6-7-19(3,4)15(20)16(27-18(20)23)21(13,24)26-10-12/h9,11,15-16,24H,6-8,10H2,1-5H3/t15-,16-,20-,21?/m0/s1. The molecule has 4 aliphatic rings. The first-order chi connectivity index (χ1) is 12.6. The Morgan fingerprint density at radius 3 is 2.67 bits per heavy atom. The topological polar surface area (TPSA) is 82.1 Å². The lowest BCUT2D eigenvalue weighted by Crippen LogP contribution is -2.62. The van der Waals surface area contributed by atoms with Crippen LogP contribution in [-0.2, 0) is 23.8 Å². The van der Waals surface area contributed by atoms with Crippen molar-refractivity contribution in [3.63, 3.8) is 0 Å². The Balaban J connectivity index is 2.06. The first-order valence-corrected chi connectivity index (χ1v) is 9.71. The van der Waals surface area contributed by atoms with Gasteiger partial charge in [-0.2, -0.15) is 0 Å². The van der Waals surface area contributed by atoms with Crippen LogP contribution in [0.2, 0.25) is 0 Å². The van der Waals surface area contributed by atoms with Crippen LogP contribution in [0.1, 0.15) is 47.0 Å². The van der Waals surface area contributed by atoms with Gasteiger partial charge in [-0.3, -0.25) is 4.79 Å². The summed E-state index contributed by atoms with van der Waals surface area (Å²) in [7, 11) is 1.30. The first kappa shape index (κ1) is 18.7. The maximum atomic E-state index is 13.2. The molecule has 0 spiro atoms. The molecule has 6 nitrogen and oxygen atoms in total. The van der Waals surface area contributed by atoms with Crippen LogP contribution in [0.25, 0.3) is 0 Å². The van der Waals surface area contributed by atoms with E-state index >= 15 is 0 Å². The summed E-state index contributed by atoms with van der Waals surface area (Å²) < 4.78 is 16.8. The van der Waals surface area contributed by atoms with Crippen molar-refractivity contribution in [3.05, 3.63) is 22.8 Å². The molecule has 2 aliphatic carbocycles. The van der Waals surface area contributed by atoms with E-state index in [1.165, 1.54) is 7.11 Å². The average molecular weight is 376 g/mol. The van der Waals surface area contributed by atoms with Gasteiger partial charge >= 0.3 is 11.9 Å². The fraction of sp³-hybridized carbons (Fsp3) is 0.714. The molecule has 6 heteroatoms. The maximum Gasteiger partial charge on any atom is 0.335 e. The second-order valence-corrected chi connectivity index (χ2v) is 9.26. The van der Waals surface area contributed by atoms with Crippen LogP contribution >= 0.6 is 0 Å². The van der Waals surface area contributed by atoms with E-state index in [4.69, 9.17) is 14.2 Å². The maximum absolute atomic E-state index is 13.2. The molecule has 1 unspecified atom stereocenters. The molecule has 0 aromatic carbocycles. The largest absolute Gasteiger partial charge is 0.466 e. The molecule has 27 heavy (non-hydrogen) atoms. The summed E-state index contributed by atoms with van der Waals surface area (Å²) in [4.78, 5) is 26.1. The van der Waals surface area contributed by atoms with Gasteiger partial charge in [0.2, 0.25) is 5.79 Å². The molecule has 2 bridgehead atoms. The molecule has 1 saturated heterocycles. The van der Waals surface area contributed by atoms with Crippen LogP contribution in [0.4, 0.5) is 0 Å². The Kier molecular flexibility index (Phi) is 3.93. The van der Waals surface area contributed by atoms with Crippen LogP contribution in [0, 0.1) is 22.7 Å². The molecule has 0 aromatic heterocycles. The summed E-state index contributed by atoms with van der Waals surface area (Å²) in [6.07, 6.45) is 3.22. The van der Waals surface area contributed by atoms with Crippen LogP contribution in [-0.4, -0.2) is 42.7 Å². The number of ether oxygens (including phenoxy) is 3. The molecular formula is C21H28O6. The minimum atomic E-state index is -1.82. The van der Waals surface area contributed by atoms with Crippen molar-refractivity contribution in [2.75, 3.05) is 13.7 Å². The van der Waals surface area contributed by atoms with Crippen LogP contribution in [0.3, 0.4) is 0 Å². The van der Waals surface area contributed by atoms with Crippen LogP contribution in [0.15, 0.2) is 22.8 Å². The monoisotopic (exact) mass is 376 g/mol. The zero-order valence-corrected chi connectivity index (χ0v) is 16.6. The lowest BCUT2D eigenvalue weighted by molar-refractivity contribution is -0.251. The van der Waals surface area contributed by atoms with Crippen molar-refractivity contribution in [2.24, 2.45) is 22.7 Å². The van der Waals surface area contributed by atoms with Gasteiger partial charge in [0.25, 0.3) is 0 Å². The minimum absolute atomic E-state index is 0.188. The lowest BCUT2D eigenvalue weighted by Gasteiger charge is -2.54. The van der Waals surface area contributed by atoms with Crippen LogP contribution < -0.4 is 0 Å². The molecule has 1 saturated carbocycles. The fourth-order valence-corrected chi connectivity index (χ4v) is 5.73. The molecule has 2 fully saturated rings. The molecule has 2 heterocycles. The highest BCUT2D eigenvalue weighted by atomic mass is 16.7. The van der Waals surface area contributed by atoms with Gasteiger partial charge in [0.05, 0.1) is 19.3 Å². The first-order valence-electron chi connectivity index (χ1n) is 9.71. The quantitative estimate of drug-likeness (QED) is 0.746. The van der Waals surface area contributed by atoms with Gasteiger partial charge in [0.1, 0.15) is 5.41 Å². The van der Waals surface area contributed by atoms with Gasteiger partial charge in [-0.25, -0.2) is 4.79 Å². The fourth-order valence-electron chi connectivity index (χ4n) is 5.73. The predicted octanol–water partition coefficient (Wildman–Crippen LogP) is 2.51. The predicted molar refractivity (Wildman–Crippen MR) is 96.3 cm³/mol. The number of carbonyl (C=O) groups is 2. The molecule has 2 aliphatic heterocycles. The lowest BCUT2D eigenvalue weighted by atomic mass is 9.48. The summed E-state index contributed by atoms with van der Waals surface area (Å²) in [6, 6.07) is 0. The third kappa shape index (κ3) is 2.20. The smallest absolute Gasteiger partial charge is 0.335 e. The Hall–Kier alpha value is -1.66. The van der Waals surface area contributed by atoms with Crippen molar-refractivity contribution >= 4 is 11.9 Å². The second kappa shape index (κ2) is 5.67. The summed E-state index contributed by atoms with van der Waals surface area (Å²) >= 11 is 0. The van der Waals surface area contributed by atoms with E-state index in [9.17, 15) is 14.7 Å². The van der Waals surface area contributed by atoms with E-state index in [2.05, 4.69) is 13.8 Å². The molecular weight excluding hydrogens is 348 g/mol. The third-order valence-corrected chi connectivity index (χ3v) is 7.07. The van der Waals surface area contributed by atoms with E-state index in [0.717, 1.165) is 18.4 Å². The minimum Gasteiger partial charge on any atom is -0.466 e. The van der Waals surface area contributed by atoms with E-state index in [1.54, 1.807) is 0 Å². The SMILES string of the molecule is COC(=O)C1=C2C=C(C(C)C)COC2(O)[C@H]2OC(=O)[C@@]13CCCC(C)(C)[C@H]23. The van der Waals surface area contributed by atoms with E-state index in [1.807, 2.05) is 19.9 Å². The molecule has 1 N–H and O–H groups in total. The highest BCUT2D eigenvalue weighted by molar-refractivity contribution is 6.02. The molecule has 0 radical (unpaired) electrons. The van der Waals surface area contributed by atoms with Gasteiger partial charge in [0.15, 0.2) is 6.10 Å². The summed E-state index contributed by atoms with van der Waals surface area (Å²) in [5.41, 5.74) is 0.158. The number of fused-ring (bicyclic) bond motifs is 2. The Morgan fingerprint density at radius 1 is 1.33 bits per heavy atom. The van der Waals surface area contributed by atoms with Crippen molar-refractivity contribution in [1.29, 1.82) is 0 Å². The molecule has 148 valence electrons. The number of esters is 2. The molecule has 0 aromatic rings. The highest BCUT2D eigenvalue weighted by Gasteiger charge is 2.75. The molecule has 4 rings (SSSR count). The van der Waals surface area contributed by atoms with Crippen molar-refractivity contribution in [1.82, 2.24) is 0 Å². The van der Waals surface area contributed by atoms with Gasteiger partial charge in [-0.15, -0.1) is 0 Å². The van der Waals surface area contributed by atoms with Gasteiger partial charge < -0.3 is 19.3 Å². The number of hydrogen-bond donors (Lipinski definition) is 1. The van der Waals surface area contributed by atoms with E-state index in [0.29, 0.717) is 12.0 Å². The number of methoxy groups -OCH3 is 1. The van der Waals surface area contributed by atoms with Gasteiger partial charge in [-0.1, -0.05) is 40.2 Å². The average Bonchev–Trinajstić information content (AvgIpc) is 2.88.